The zero-order chi connectivity index (χ0) is 80.8. The van der Waals surface area contributed by atoms with E-state index < -0.39 is 98.6 Å². The summed E-state index contributed by atoms with van der Waals surface area (Å²) in [4.78, 5) is 52.4. The summed E-state index contributed by atoms with van der Waals surface area (Å²) in [6.07, 6.45) is 2.74. The minimum Gasteiger partial charge on any atom is -0.493 e. The van der Waals surface area contributed by atoms with E-state index in [-0.39, 0.29) is 101 Å². The Morgan fingerprint density at radius 1 is 0.543 bits per heavy atom. The molecule has 3 amide bonds. The molecule has 600 valence electrons. The van der Waals surface area contributed by atoms with E-state index in [1.807, 2.05) is 12.1 Å². The van der Waals surface area contributed by atoms with Crippen LogP contribution in [0.5, 0.6) is 34.5 Å². The van der Waals surface area contributed by atoms with Gasteiger partial charge in [-0.3, -0.25) is 19.2 Å². The molecule has 29 heteroatoms. The van der Waals surface area contributed by atoms with E-state index in [2.05, 4.69) is 187 Å². The molecule has 2 heterocycles. The number of aliphatic carboxylic acids is 1. The molecule has 2 radical (unpaired) electrons. The molecule has 0 bridgehead atoms. The number of ether oxygens (including phenoxy) is 8. The van der Waals surface area contributed by atoms with Crippen molar-refractivity contribution in [3.05, 3.63) is 34.4 Å². The summed E-state index contributed by atoms with van der Waals surface area (Å²) in [6, 6.07) is 1.00. The third kappa shape index (κ3) is 25.9. The molecule has 10 atom stereocenters. The fourth-order valence-corrected chi connectivity index (χ4v) is 15.7. The Morgan fingerprint density at radius 3 is 1.18 bits per heavy atom. The Bertz CT molecular complexity index is 3150. The number of aliphatic hydroxyl groups excluding tert-OH is 2. The van der Waals surface area contributed by atoms with Gasteiger partial charge in [0.2, 0.25) is 29.2 Å². The summed E-state index contributed by atoms with van der Waals surface area (Å²) in [7, 11) is 4.76. The maximum atomic E-state index is 14.3. The summed E-state index contributed by atoms with van der Waals surface area (Å²) in [6.45, 7) is 53.0. The summed E-state index contributed by atoms with van der Waals surface area (Å²) in [5, 5.41) is 41.4. The van der Waals surface area contributed by atoms with Gasteiger partial charge in [0, 0.05) is 56.5 Å². The van der Waals surface area contributed by atoms with Gasteiger partial charge in [0.05, 0.1) is 100 Å². The third-order valence-corrected chi connectivity index (χ3v) is 40.9. The first-order chi connectivity index (χ1) is 48.2. The third-order valence-electron chi connectivity index (χ3n) is 23.0. The van der Waals surface area contributed by atoms with Crippen molar-refractivity contribution in [2.75, 3.05) is 82.3 Å². The van der Waals surface area contributed by atoms with Gasteiger partial charge in [0.25, 0.3) is 0 Å². The second kappa shape index (κ2) is 39.3. The summed E-state index contributed by atoms with van der Waals surface area (Å²) in [5.41, 5.74) is 8.46. The van der Waals surface area contributed by atoms with E-state index in [0.717, 1.165) is 22.3 Å². The van der Waals surface area contributed by atoms with Gasteiger partial charge in [-0.2, -0.15) is 0 Å². The van der Waals surface area contributed by atoms with E-state index in [4.69, 9.17) is 67.8 Å². The molecule has 2 unspecified atom stereocenters. The van der Waals surface area contributed by atoms with Crippen molar-refractivity contribution in [3.8, 4) is 34.5 Å². The average molecular weight is 1780 g/mol. The van der Waals surface area contributed by atoms with Crippen LogP contribution in [-0.4, -0.2) is 212 Å². The smallest absolute Gasteiger partial charge is 0.306 e. The monoisotopic (exact) mass is 1770 g/mol. The predicted octanol–water partition coefficient (Wildman–Crippen LogP) is 11.3. The quantitative estimate of drug-likeness (QED) is 0.0258. The van der Waals surface area contributed by atoms with Crippen molar-refractivity contribution in [3.63, 3.8) is 0 Å². The van der Waals surface area contributed by atoms with Crippen LogP contribution >= 0.6 is 0 Å². The SMILES string of the molecule is CC(C)C[C@H](NC(=O)[C@@H](N)CO[Si](C)(C)C(C)(C)C)[C@H](O)C1(CO[Si](C)(C)C(C)(C)C)CO1.COc1cc2c(c(OC)c1OC)C[C@@H](C(=O)N[C@@H](CO[Si](C)(C)C(C)(C)C)C(=O)N[C@@H](CC(C)C)[C@H](O)C1(CO[Si](C)(C)C(C)(C)C)CO1)CC2.COc1cc2c(c(OC)c1OC)C[C@@H](C(=O)O)CC2.[3H][B].[U]. The summed E-state index contributed by atoms with van der Waals surface area (Å²) < 4.78 is 75.4. The molecular formula is C76H139BN4O19Si4U. The van der Waals surface area contributed by atoms with Gasteiger partial charge in [-0.1, -0.05) is 111 Å². The molecule has 2 aliphatic heterocycles. The second-order valence-electron chi connectivity index (χ2n) is 35.8. The van der Waals surface area contributed by atoms with Gasteiger partial charge in [0.15, 0.2) is 56.3 Å². The summed E-state index contributed by atoms with van der Waals surface area (Å²) in [5.74, 6) is 1.34. The number of carbonyl (C=O) groups is 4. The number of benzene rings is 2. The largest absolute Gasteiger partial charge is 0.493 e. The Hall–Kier alpha value is -3.26. The Labute approximate surface area is 662 Å². The molecule has 2 aromatic rings. The van der Waals surface area contributed by atoms with E-state index in [9.17, 15) is 29.4 Å². The Morgan fingerprint density at radius 2 is 0.867 bits per heavy atom. The Balaban J connectivity index is 0.000000590. The molecule has 105 heavy (non-hydrogen) atoms. The molecule has 0 aromatic heterocycles. The molecule has 2 fully saturated rings. The van der Waals surface area contributed by atoms with Gasteiger partial charge in [-0.25, -0.2) is 0 Å². The van der Waals surface area contributed by atoms with E-state index in [0.29, 0.717) is 106 Å². The molecule has 0 spiro atoms. The number of nitrogens with two attached hydrogens (primary N) is 1. The minimum atomic E-state index is -2.29. The standard InChI is InChI=1S/C38H68N2O9Si2.C24H52N2O5Si2.C14H18O5.BH.U/c1-24(2)18-28(33(41)38(22-47-38)23-49-51(14,15)37(6,7)8)39-35(43)29(21-48-50(12,13)36(3,4)5)40-34(42)26-17-16-25-20-30(44-9)32(46-11)31(45-10)27(25)19-26;1-17(2)13-19(26-21(28)18(25)14-30-32(9,10)22(3,4)5)20(27)24(15-29-24)16-31-33(11,12)23(6,7)8;1-17-11-7-8-4-5-9(14(15)16)6-10(8)12(18-2)13(11)19-3;;/h20,24,26,28-29,33,41H,16-19,21-23H2,1-15H3,(H,39,43)(H,40,42);17-20,27H,13-16,25H2,1-12H3,(H,26,28);7,9H,4-6H2,1-3H3,(H,15,16);1H;/t26-,28-,29-,33-,38?;18-,19-,20-,24?;9-;;/m000../s1/i;;;1T;. The number of methoxy groups -OCH3 is 6. The number of carboxylic acid groups (broad SMARTS) is 1. The molecular weight excluding hydrogens is 1630 g/mol. The van der Waals surface area contributed by atoms with Gasteiger partial charge in [-0.15, -0.1) is 0 Å². The van der Waals surface area contributed by atoms with Crippen molar-refractivity contribution >= 4 is 65.3 Å². The number of carboxylic acids is 1. The minimum absolute atomic E-state index is 0. The van der Waals surface area contributed by atoms with Gasteiger partial charge in [0.1, 0.15) is 35.5 Å². The van der Waals surface area contributed by atoms with Crippen LogP contribution in [0.15, 0.2) is 12.1 Å². The maximum absolute atomic E-state index is 14.3. The maximum Gasteiger partial charge on any atom is 0.306 e. The van der Waals surface area contributed by atoms with E-state index in [1.54, 1.807) is 42.7 Å². The van der Waals surface area contributed by atoms with Gasteiger partial charge in [-0.05, 0) is 160 Å². The average Bonchev–Trinajstić information content (AvgIpc) is 1.49. The fourth-order valence-electron chi connectivity index (χ4n) is 11.5. The topological polar surface area (TPSA) is 308 Å². The second-order valence-corrected chi connectivity index (χ2v) is 55.0. The van der Waals surface area contributed by atoms with Crippen LogP contribution in [-0.2, 0) is 72.0 Å². The molecule has 23 nitrogen and oxygen atoms in total. The number of nitrogens with one attached hydrogen (secondary N) is 3. The number of carbonyl (C=O) groups excluding carboxylic acids is 3. The zero-order valence-corrected chi connectivity index (χ0v) is 78.0. The number of rotatable bonds is 33. The van der Waals surface area contributed by atoms with Crippen LogP contribution in [0, 0.1) is 54.8 Å². The van der Waals surface area contributed by atoms with E-state index >= 15 is 0 Å². The van der Waals surface area contributed by atoms with E-state index in [1.165, 1.54) is 0 Å². The molecule has 0 saturated carbocycles. The first-order valence-corrected chi connectivity index (χ1v) is 48.5. The van der Waals surface area contributed by atoms with Crippen LogP contribution in [0.4, 0.5) is 0 Å². The fraction of sp³-hybridized carbons (Fsp3) is 0.789. The van der Waals surface area contributed by atoms with Crippen LogP contribution in [0.1, 0.15) is 159 Å². The molecule has 2 saturated heterocycles. The number of hydrogen-bond donors (Lipinski definition) is 7. The van der Waals surface area contributed by atoms with Crippen molar-refractivity contribution in [1.82, 2.24) is 16.0 Å². The summed E-state index contributed by atoms with van der Waals surface area (Å²) >= 11 is 0. The Kier molecular flexibility index (Phi) is 35.9. The zero-order valence-electron chi connectivity index (χ0n) is 70.9. The number of fused-ring (bicyclic) bond motifs is 2. The molecule has 4 aliphatic rings. The molecule has 2 aliphatic carbocycles. The number of epoxide rings is 2. The predicted molar refractivity (Wildman–Crippen MR) is 423 cm³/mol. The molecule has 8 N–H and O–H groups in total. The van der Waals surface area contributed by atoms with Crippen LogP contribution in [0.3, 0.4) is 0 Å². The number of aryl methyl sites for hydroxylation is 2. The van der Waals surface area contributed by atoms with Crippen LogP contribution < -0.4 is 50.1 Å². The normalized spacial score (nSPS) is 20.7. The van der Waals surface area contributed by atoms with Gasteiger partial charge >= 0.3 is 5.97 Å². The van der Waals surface area contributed by atoms with Gasteiger partial charge < -0.3 is 92.6 Å². The van der Waals surface area contributed by atoms with Crippen LogP contribution in [0.2, 0.25) is 72.5 Å². The van der Waals surface area contributed by atoms with Crippen molar-refractivity contribution in [2.45, 2.75) is 282 Å². The molecule has 2 aromatic carbocycles. The molecule has 6 rings (SSSR count). The number of aliphatic hydroxyl groups is 2. The van der Waals surface area contributed by atoms with Crippen molar-refractivity contribution in [2.24, 2.45) is 29.4 Å². The number of amides is 3. The first-order valence-electron chi connectivity index (χ1n) is 37.5. The van der Waals surface area contributed by atoms with Crippen LogP contribution in [0.25, 0.3) is 0 Å². The van der Waals surface area contributed by atoms with Crippen molar-refractivity contribution < 1.29 is 121 Å². The number of hydrogen-bond acceptors (Lipinski definition) is 19. The van der Waals surface area contributed by atoms with Crippen molar-refractivity contribution in [1.29, 1.82) is 1.34 Å². The first kappa shape index (κ1) is 95.9.